The number of carbonyl (C=O) groups excluding carboxylic acids is 1. The molecule has 2 N–H and O–H groups in total. The lowest BCUT2D eigenvalue weighted by atomic mass is 9.98. The summed E-state index contributed by atoms with van der Waals surface area (Å²) in [5.74, 6) is 2.50. The van der Waals surface area contributed by atoms with Crippen molar-refractivity contribution in [2.24, 2.45) is 17.8 Å². The Morgan fingerprint density at radius 2 is 1.95 bits per heavy atom. The normalized spacial score (nSPS) is 18.6. The Kier molecular flexibility index (Phi) is 3.21. The molecule has 1 aromatic rings. The van der Waals surface area contributed by atoms with Gasteiger partial charge in [-0.3, -0.25) is 4.79 Å². The van der Waals surface area contributed by atoms with E-state index in [0.29, 0.717) is 11.5 Å². The minimum atomic E-state index is -0.0680. The molecule has 0 aliphatic heterocycles. The smallest absolute Gasteiger partial charge is 0.251 e. The second kappa shape index (κ2) is 4.87. The summed E-state index contributed by atoms with van der Waals surface area (Å²) in [6.07, 6.45) is 5.34. The molecule has 1 aromatic carbocycles. The summed E-state index contributed by atoms with van der Waals surface area (Å²) in [5, 5.41) is 12.7. The summed E-state index contributed by atoms with van der Waals surface area (Å²) in [6.45, 7) is 2.62. The van der Waals surface area contributed by atoms with Crippen LogP contribution < -0.4 is 5.32 Å². The van der Waals surface area contributed by atoms with Crippen molar-refractivity contribution in [3.8, 4) is 5.75 Å². The number of rotatable bonds is 5. The minimum Gasteiger partial charge on any atom is -0.508 e. The number of nitrogens with one attached hydrogen (secondary N) is 1. The molecule has 19 heavy (non-hydrogen) atoms. The average Bonchev–Trinajstić information content (AvgIpc) is 3.26. The fourth-order valence-electron chi connectivity index (χ4n) is 2.83. The third kappa shape index (κ3) is 2.91. The largest absolute Gasteiger partial charge is 0.508 e. The van der Waals surface area contributed by atoms with E-state index in [1.54, 1.807) is 18.2 Å². The summed E-state index contributed by atoms with van der Waals surface area (Å²) in [7, 11) is 0. The topological polar surface area (TPSA) is 49.3 Å². The van der Waals surface area contributed by atoms with E-state index in [9.17, 15) is 9.90 Å². The third-order valence-corrected chi connectivity index (χ3v) is 4.42. The van der Waals surface area contributed by atoms with E-state index < -0.39 is 0 Å². The highest BCUT2D eigenvalue weighted by atomic mass is 16.3. The van der Waals surface area contributed by atoms with E-state index in [2.05, 4.69) is 5.32 Å². The van der Waals surface area contributed by atoms with Gasteiger partial charge >= 0.3 is 0 Å². The maximum Gasteiger partial charge on any atom is 0.251 e. The van der Waals surface area contributed by atoms with Gasteiger partial charge in [-0.1, -0.05) is 6.07 Å². The van der Waals surface area contributed by atoms with Crippen LogP contribution in [0, 0.1) is 24.7 Å². The molecular formula is C16H21NO2. The first-order chi connectivity index (χ1) is 9.15. The summed E-state index contributed by atoms with van der Waals surface area (Å²) >= 11 is 0. The number of carbonyl (C=O) groups is 1. The van der Waals surface area contributed by atoms with Crippen LogP contribution in [-0.2, 0) is 0 Å². The predicted octanol–water partition coefficient (Wildman–Crippen LogP) is 2.87. The van der Waals surface area contributed by atoms with Crippen LogP contribution in [0.3, 0.4) is 0 Å². The predicted molar refractivity (Wildman–Crippen MR) is 74.1 cm³/mol. The quantitative estimate of drug-likeness (QED) is 0.854. The number of aryl methyl sites for hydroxylation is 1. The van der Waals surface area contributed by atoms with Gasteiger partial charge in [-0.25, -0.2) is 0 Å². The zero-order valence-corrected chi connectivity index (χ0v) is 11.4. The molecule has 2 saturated carbocycles. The Bertz CT molecular complexity index is 478. The summed E-state index contributed by atoms with van der Waals surface area (Å²) in [4.78, 5) is 12.1. The lowest BCUT2D eigenvalue weighted by Gasteiger charge is -2.16. The molecule has 2 fully saturated rings. The molecule has 3 rings (SSSR count). The molecule has 0 saturated heterocycles. The molecule has 3 nitrogen and oxygen atoms in total. The van der Waals surface area contributed by atoms with Crippen molar-refractivity contribution in [3.05, 3.63) is 29.3 Å². The van der Waals surface area contributed by atoms with Gasteiger partial charge in [0.2, 0.25) is 0 Å². The number of hydrogen-bond acceptors (Lipinski definition) is 2. The standard InChI is InChI=1S/C16H21NO2/c1-10-2-3-13(8-15(10)18)16(19)17-9-14(11-4-5-11)12-6-7-12/h2-3,8,11-12,14,18H,4-7,9H2,1H3,(H,17,19). The maximum atomic E-state index is 12.1. The number of benzene rings is 1. The van der Waals surface area contributed by atoms with Gasteiger partial charge in [0.05, 0.1) is 0 Å². The number of phenolic OH excluding ortho intramolecular Hbond substituents is 1. The van der Waals surface area contributed by atoms with Crippen LogP contribution in [0.5, 0.6) is 5.75 Å². The maximum absolute atomic E-state index is 12.1. The van der Waals surface area contributed by atoms with Crippen LogP contribution in [0.25, 0.3) is 0 Å². The van der Waals surface area contributed by atoms with Crippen molar-refractivity contribution >= 4 is 5.91 Å². The van der Waals surface area contributed by atoms with Crippen molar-refractivity contribution in [1.29, 1.82) is 0 Å². The van der Waals surface area contributed by atoms with Crippen LogP contribution in [0.1, 0.15) is 41.6 Å². The first-order valence-corrected chi connectivity index (χ1v) is 7.23. The van der Waals surface area contributed by atoms with Gasteiger partial charge in [0, 0.05) is 12.1 Å². The third-order valence-electron chi connectivity index (χ3n) is 4.42. The highest BCUT2D eigenvalue weighted by molar-refractivity contribution is 5.94. The highest BCUT2D eigenvalue weighted by Crippen LogP contribution is 2.48. The zero-order valence-electron chi connectivity index (χ0n) is 11.4. The SMILES string of the molecule is Cc1ccc(C(=O)NCC(C2CC2)C2CC2)cc1O. The van der Waals surface area contributed by atoms with E-state index in [-0.39, 0.29) is 11.7 Å². The first-order valence-electron chi connectivity index (χ1n) is 7.23. The van der Waals surface area contributed by atoms with E-state index in [1.165, 1.54) is 25.7 Å². The van der Waals surface area contributed by atoms with Gasteiger partial charge in [-0.2, -0.15) is 0 Å². The Balaban J connectivity index is 1.59. The number of phenols is 1. The highest BCUT2D eigenvalue weighted by Gasteiger charge is 2.41. The fraction of sp³-hybridized carbons (Fsp3) is 0.562. The van der Waals surface area contributed by atoms with Crippen molar-refractivity contribution in [3.63, 3.8) is 0 Å². The van der Waals surface area contributed by atoms with Crippen molar-refractivity contribution in [2.75, 3.05) is 6.54 Å². The lowest BCUT2D eigenvalue weighted by Crippen LogP contribution is -2.31. The first kappa shape index (κ1) is 12.5. The fourth-order valence-corrected chi connectivity index (χ4v) is 2.83. The summed E-state index contributed by atoms with van der Waals surface area (Å²) in [5.41, 5.74) is 1.35. The van der Waals surface area contributed by atoms with Crippen LogP contribution in [0.4, 0.5) is 0 Å². The second-order valence-corrected chi connectivity index (χ2v) is 6.05. The summed E-state index contributed by atoms with van der Waals surface area (Å²) < 4.78 is 0. The van der Waals surface area contributed by atoms with E-state index in [1.807, 2.05) is 6.92 Å². The second-order valence-electron chi connectivity index (χ2n) is 6.05. The van der Waals surface area contributed by atoms with Gasteiger partial charge in [0.15, 0.2) is 0 Å². The Morgan fingerprint density at radius 3 is 2.47 bits per heavy atom. The van der Waals surface area contributed by atoms with Crippen LogP contribution >= 0.6 is 0 Å². The molecule has 1 amide bonds. The molecule has 2 aliphatic rings. The van der Waals surface area contributed by atoms with Crippen molar-refractivity contribution in [1.82, 2.24) is 5.32 Å². The number of aromatic hydroxyl groups is 1. The van der Waals surface area contributed by atoms with Crippen molar-refractivity contribution < 1.29 is 9.90 Å². The molecule has 0 bridgehead atoms. The van der Waals surface area contributed by atoms with E-state index in [0.717, 1.165) is 23.9 Å². The van der Waals surface area contributed by atoms with Crippen LogP contribution in [0.2, 0.25) is 0 Å². The van der Waals surface area contributed by atoms with E-state index in [4.69, 9.17) is 0 Å². The van der Waals surface area contributed by atoms with E-state index >= 15 is 0 Å². The average molecular weight is 259 g/mol. The monoisotopic (exact) mass is 259 g/mol. The lowest BCUT2D eigenvalue weighted by molar-refractivity contribution is 0.0943. The molecule has 3 heteroatoms. The van der Waals surface area contributed by atoms with Gasteiger partial charge in [-0.05, 0) is 68.1 Å². The van der Waals surface area contributed by atoms with Gasteiger partial charge < -0.3 is 10.4 Å². The molecule has 0 unspecified atom stereocenters. The Hall–Kier alpha value is -1.51. The Morgan fingerprint density at radius 1 is 1.32 bits per heavy atom. The number of amides is 1. The molecule has 0 atom stereocenters. The van der Waals surface area contributed by atoms with Gasteiger partial charge in [-0.15, -0.1) is 0 Å². The van der Waals surface area contributed by atoms with Gasteiger partial charge in [0.25, 0.3) is 5.91 Å². The minimum absolute atomic E-state index is 0.0680. The molecular weight excluding hydrogens is 238 g/mol. The molecule has 0 heterocycles. The van der Waals surface area contributed by atoms with Crippen LogP contribution in [-0.4, -0.2) is 17.6 Å². The zero-order chi connectivity index (χ0) is 13.4. The van der Waals surface area contributed by atoms with Crippen LogP contribution in [0.15, 0.2) is 18.2 Å². The van der Waals surface area contributed by atoms with Crippen molar-refractivity contribution in [2.45, 2.75) is 32.6 Å². The molecule has 102 valence electrons. The Labute approximate surface area is 114 Å². The summed E-state index contributed by atoms with van der Waals surface area (Å²) in [6, 6.07) is 5.10. The van der Waals surface area contributed by atoms with Gasteiger partial charge in [0.1, 0.15) is 5.75 Å². The molecule has 0 aromatic heterocycles. The number of hydrogen-bond donors (Lipinski definition) is 2. The molecule has 2 aliphatic carbocycles. The molecule has 0 spiro atoms. The molecule has 0 radical (unpaired) electrons.